The van der Waals surface area contributed by atoms with Gasteiger partial charge in [0.2, 0.25) is 0 Å². The van der Waals surface area contributed by atoms with Gasteiger partial charge in [-0.05, 0) is 43.8 Å². The van der Waals surface area contributed by atoms with Crippen molar-refractivity contribution >= 4 is 11.8 Å². The van der Waals surface area contributed by atoms with Crippen molar-refractivity contribution in [1.29, 1.82) is 0 Å². The third kappa shape index (κ3) is 2.90. The minimum absolute atomic E-state index is 0.0956. The lowest BCUT2D eigenvalue weighted by Crippen LogP contribution is -2.63. The van der Waals surface area contributed by atoms with E-state index in [-0.39, 0.29) is 5.54 Å². The van der Waals surface area contributed by atoms with Crippen LogP contribution in [0.25, 0.3) is 0 Å². The summed E-state index contributed by atoms with van der Waals surface area (Å²) in [5, 5.41) is 3.78. The first-order valence-electron chi connectivity index (χ1n) is 7.83. The molecule has 20 heavy (non-hydrogen) atoms. The molecule has 0 bridgehead atoms. The van der Waals surface area contributed by atoms with E-state index in [1.165, 1.54) is 29.9 Å². The van der Waals surface area contributed by atoms with E-state index in [0.717, 1.165) is 19.1 Å². The first-order chi connectivity index (χ1) is 9.69. The third-order valence-corrected chi connectivity index (χ3v) is 5.97. The first kappa shape index (κ1) is 14.4. The zero-order valence-corrected chi connectivity index (χ0v) is 13.5. The van der Waals surface area contributed by atoms with E-state index in [9.17, 15) is 0 Å². The molecule has 0 radical (unpaired) electrons. The maximum absolute atomic E-state index is 3.78. The van der Waals surface area contributed by atoms with Crippen molar-refractivity contribution in [2.24, 2.45) is 0 Å². The molecule has 2 heterocycles. The maximum Gasteiger partial charge on any atom is 0.0535 e. The van der Waals surface area contributed by atoms with Crippen molar-refractivity contribution in [2.75, 3.05) is 24.6 Å². The molecule has 2 atom stereocenters. The molecule has 2 unspecified atom stereocenters. The lowest BCUT2D eigenvalue weighted by atomic mass is 9.87. The number of nitrogens with one attached hydrogen (secondary N) is 1. The normalized spacial score (nSPS) is 33.2. The molecule has 3 rings (SSSR count). The second-order valence-electron chi connectivity index (χ2n) is 6.44. The van der Waals surface area contributed by atoms with Crippen molar-refractivity contribution in [3.8, 4) is 0 Å². The zero-order valence-electron chi connectivity index (χ0n) is 12.6. The van der Waals surface area contributed by atoms with Crippen LogP contribution >= 0.6 is 11.8 Å². The Labute approximate surface area is 127 Å². The molecule has 2 fully saturated rings. The molecule has 0 aliphatic carbocycles. The molecule has 0 saturated carbocycles. The van der Waals surface area contributed by atoms with Gasteiger partial charge in [0.25, 0.3) is 0 Å². The van der Waals surface area contributed by atoms with Crippen LogP contribution in [-0.4, -0.2) is 41.6 Å². The fraction of sp³-hybridized carbons (Fsp3) is 0.647. The van der Waals surface area contributed by atoms with Crippen molar-refractivity contribution in [2.45, 2.75) is 44.3 Å². The van der Waals surface area contributed by atoms with Crippen LogP contribution in [0.4, 0.5) is 0 Å². The van der Waals surface area contributed by atoms with E-state index in [1.54, 1.807) is 0 Å². The summed E-state index contributed by atoms with van der Waals surface area (Å²) < 4.78 is 0. The van der Waals surface area contributed by atoms with E-state index in [2.05, 4.69) is 66.2 Å². The molecule has 1 N–H and O–H groups in total. The predicted molar refractivity (Wildman–Crippen MR) is 88.3 cm³/mol. The third-order valence-electron chi connectivity index (χ3n) is 4.92. The Kier molecular flexibility index (Phi) is 4.39. The lowest BCUT2D eigenvalue weighted by molar-refractivity contribution is 0.0504. The maximum atomic E-state index is 3.78. The van der Waals surface area contributed by atoms with Crippen LogP contribution in [-0.2, 0) is 5.54 Å². The van der Waals surface area contributed by atoms with Crippen molar-refractivity contribution in [1.82, 2.24) is 10.2 Å². The summed E-state index contributed by atoms with van der Waals surface area (Å²) in [4.78, 5) is 2.77. The topological polar surface area (TPSA) is 15.3 Å². The predicted octanol–water partition coefficient (Wildman–Crippen LogP) is 3.09. The van der Waals surface area contributed by atoms with Gasteiger partial charge in [-0.1, -0.05) is 30.3 Å². The van der Waals surface area contributed by atoms with Crippen LogP contribution in [0.1, 0.15) is 32.3 Å². The summed E-state index contributed by atoms with van der Waals surface area (Å²) in [6.45, 7) is 6.96. The van der Waals surface area contributed by atoms with Gasteiger partial charge in [-0.25, -0.2) is 0 Å². The molecule has 110 valence electrons. The molecule has 3 heteroatoms. The summed E-state index contributed by atoms with van der Waals surface area (Å²) in [7, 11) is 0. The van der Waals surface area contributed by atoms with Gasteiger partial charge < -0.3 is 5.32 Å². The average Bonchev–Trinajstić information content (AvgIpc) is 2.52. The van der Waals surface area contributed by atoms with Crippen molar-refractivity contribution in [3.05, 3.63) is 35.9 Å². The molecular formula is C17H26N2S. The summed E-state index contributed by atoms with van der Waals surface area (Å²) in [5.41, 5.74) is 1.51. The molecule has 2 saturated heterocycles. The summed E-state index contributed by atoms with van der Waals surface area (Å²) in [6.07, 6.45) is 2.72. The molecule has 2 aliphatic heterocycles. The molecule has 0 amide bonds. The second-order valence-corrected chi connectivity index (χ2v) is 7.67. The highest BCUT2D eigenvalue weighted by Crippen LogP contribution is 2.31. The fourth-order valence-electron chi connectivity index (χ4n) is 3.57. The number of rotatable bonds is 2. The van der Waals surface area contributed by atoms with Gasteiger partial charge in [-0.15, -0.1) is 0 Å². The van der Waals surface area contributed by atoms with Gasteiger partial charge in [0, 0.05) is 25.2 Å². The first-order valence-corrected chi connectivity index (χ1v) is 8.98. The Balaban J connectivity index is 1.78. The Bertz CT molecular complexity index is 430. The molecule has 2 nitrogen and oxygen atoms in total. The number of benzene rings is 1. The van der Waals surface area contributed by atoms with Gasteiger partial charge in [-0.3, -0.25) is 4.90 Å². The molecular weight excluding hydrogens is 264 g/mol. The quantitative estimate of drug-likeness (QED) is 0.901. The van der Waals surface area contributed by atoms with Gasteiger partial charge in [-0.2, -0.15) is 11.8 Å². The van der Waals surface area contributed by atoms with Crippen LogP contribution in [0.5, 0.6) is 0 Å². The summed E-state index contributed by atoms with van der Waals surface area (Å²) in [6, 6.07) is 12.4. The Morgan fingerprint density at radius 3 is 2.60 bits per heavy atom. The van der Waals surface area contributed by atoms with Crippen molar-refractivity contribution in [3.63, 3.8) is 0 Å². The largest absolute Gasteiger partial charge is 0.305 e. The van der Waals surface area contributed by atoms with Gasteiger partial charge in [0.15, 0.2) is 0 Å². The lowest BCUT2D eigenvalue weighted by Gasteiger charge is -2.49. The van der Waals surface area contributed by atoms with Crippen LogP contribution in [0.3, 0.4) is 0 Å². The number of hydrogen-bond acceptors (Lipinski definition) is 3. The van der Waals surface area contributed by atoms with Crippen LogP contribution < -0.4 is 5.32 Å². The number of nitrogens with zero attached hydrogens (tertiary/aromatic N) is 1. The monoisotopic (exact) mass is 290 g/mol. The number of thioether (sulfide) groups is 1. The van der Waals surface area contributed by atoms with Gasteiger partial charge >= 0.3 is 0 Å². The smallest absolute Gasteiger partial charge is 0.0535 e. The molecule has 1 aromatic carbocycles. The Hall–Kier alpha value is -0.510. The van der Waals surface area contributed by atoms with Gasteiger partial charge in [0.05, 0.1) is 5.54 Å². The molecule has 1 aromatic rings. The second kappa shape index (κ2) is 6.08. The van der Waals surface area contributed by atoms with Crippen LogP contribution in [0, 0.1) is 0 Å². The van der Waals surface area contributed by atoms with Crippen LogP contribution in [0.2, 0.25) is 0 Å². The zero-order chi connectivity index (χ0) is 14.0. The highest BCUT2D eigenvalue weighted by Gasteiger charge is 2.38. The van der Waals surface area contributed by atoms with E-state index < -0.39 is 0 Å². The standard InChI is InChI=1S/C17H26N2S/c1-14-12-18-17(2,15-6-4-3-5-7-15)13-19(14)16-8-10-20-11-9-16/h3-7,14,16,18H,8-13H2,1-2H3. The highest BCUT2D eigenvalue weighted by atomic mass is 32.2. The number of hydrogen-bond donors (Lipinski definition) is 1. The minimum atomic E-state index is 0.0956. The minimum Gasteiger partial charge on any atom is -0.305 e. The number of piperazine rings is 1. The average molecular weight is 290 g/mol. The van der Waals surface area contributed by atoms with E-state index >= 15 is 0 Å². The van der Waals surface area contributed by atoms with Crippen molar-refractivity contribution < 1.29 is 0 Å². The SMILES string of the molecule is CC1CNC(C)(c2ccccc2)CN1C1CCSCC1. The van der Waals surface area contributed by atoms with Gasteiger partial charge in [0.1, 0.15) is 0 Å². The van der Waals surface area contributed by atoms with Crippen LogP contribution in [0.15, 0.2) is 30.3 Å². The fourth-order valence-corrected chi connectivity index (χ4v) is 4.65. The van der Waals surface area contributed by atoms with E-state index in [4.69, 9.17) is 0 Å². The molecule has 0 aromatic heterocycles. The Morgan fingerprint density at radius 1 is 1.20 bits per heavy atom. The summed E-state index contributed by atoms with van der Waals surface area (Å²) in [5.74, 6) is 2.67. The summed E-state index contributed by atoms with van der Waals surface area (Å²) >= 11 is 2.12. The van der Waals surface area contributed by atoms with E-state index in [1.807, 2.05) is 0 Å². The molecule has 0 spiro atoms. The molecule has 2 aliphatic rings. The Morgan fingerprint density at radius 2 is 1.90 bits per heavy atom. The van der Waals surface area contributed by atoms with E-state index in [0.29, 0.717) is 6.04 Å². The highest BCUT2D eigenvalue weighted by molar-refractivity contribution is 7.99.